The maximum atomic E-state index is 13.7. The third-order valence-electron chi connectivity index (χ3n) is 4.85. The first-order valence-corrected chi connectivity index (χ1v) is 10.8. The number of hydrogen-bond donors (Lipinski definition) is 2. The summed E-state index contributed by atoms with van der Waals surface area (Å²) in [6.07, 6.45) is -0.519. The number of aromatic hydroxyl groups is 1. The van der Waals surface area contributed by atoms with Gasteiger partial charge >= 0.3 is 12.1 Å². The van der Waals surface area contributed by atoms with Gasteiger partial charge < -0.3 is 19.8 Å². The molecule has 2 aromatic carbocycles. The Morgan fingerprint density at radius 2 is 1.58 bits per heavy atom. The summed E-state index contributed by atoms with van der Waals surface area (Å²) in [5.41, 5.74) is 0.723. The minimum absolute atomic E-state index is 0.0812. The Labute approximate surface area is 194 Å². The number of aliphatic carboxylic acids is 1. The van der Waals surface area contributed by atoms with Crippen LogP contribution in [-0.2, 0) is 27.3 Å². The van der Waals surface area contributed by atoms with Gasteiger partial charge in [0.05, 0.1) is 0 Å². The molecule has 8 nitrogen and oxygen atoms in total. The zero-order valence-corrected chi connectivity index (χ0v) is 19.5. The molecular formula is C25H32N2O6. The summed E-state index contributed by atoms with van der Waals surface area (Å²) in [5, 5.41) is 19.0. The Morgan fingerprint density at radius 3 is 2.09 bits per heavy atom. The molecule has 2 aromatic rings. The minimum Gasteiger partial charge on any atom is -0.508 e. The van der Waals surface area contributed by atoms with E-state index in [1.165, 1.54) is 21.9 Å². The number of carboxylic acids is 1. The highest BCUT2D eigenvalue weighted by molar-refractivity contribution is 5.88. The first-order valence-electron chi connectivity index (χ1n) is 10.8. The maximum Gasteiger partial charge on any atom is 0.410 e. The molecule has 0 saturated heterocycles. The number of phenolic OH excluding ortho intramolecular Hbond substituents is 1. The van der Waals surface area contributed by atoms with Crippen molar-refractivity contribution >= 4 is 18.0 Å². The van der Waals surface area contributed by atoms with Crippen molar-refractivity contribution in [1.29, 1.82) is 0 Å². The third-order valence-corrected chi connectivity index (χ3v) is 4.85. The van der Waals surface area contributed by atoms with E-state index in [2.05, 4.69) is 0 Å². The van der Waals surface area contributed by atoms with Gasteiger partial charge in [0.25, 0.3) is 0 Å². The van der Waals surface area contributed by atoms with Gasteiger partial charge in [-0.25, -0.2) is 4.79 Å². The third kappa shape index (κ3) is 8.14. The second-order valence-corrected chi connectivity index (χ2v) is 8.73. The zero-order valence-electron chi connectivity index (χ0n) is 19.5. The van der Waals surface area contributed by atoms with Crippen molar-refractivity contribution in [3.63, 3.8) is 0 Å². The Morgan fingerprint density at radius 1 is 0.970 bits per heavy atom. The lowest BCUT2D eigenvalue weighted by atomic mass is 10.0. The molecule has 178 valence electrons. The van der Waals surface area contributed by atoms with E-state index in [1.54, 1.807) is 39.8 Å². The number of likely N-dealkylation sites (N-methyl/N-ethyl adjacent to an activating group) is 1. The van der Waals surface area contributed by atoms with E-state index < -0.39 is 36.2 Å². The molecule has 0 radical (unpaired) electrons. The van der Waals surface area contributed by atoms with Gasteiger partial charge in [0.2, 0.25) is 5.91 Å². The number of carboxylic acid groups (broad SMARTS) is 1. The number of ether oxygens (including phenoxy) is 1. The van der Waals surface area contributed by atoms with Crippen molar-refractivity contribution in [2.75, 3.05) is 13.1 Å². The van der Waals surface area contributed by atoms with E-state index in [-0.39, 0.29) is 25.3 Å². The highest BCUT2D eigenvalue weighted by atomic mass is 16.6. The molecule has 2 amide bonds. The summed E-state index contributed by atoms with van der Waals surface area (Å²) < 4.78 is 5.52. The summed E-state index contributed by atoms with van der Waals surface area (Å²) in [4.78, 5) is 40.8. The second-order valence-electron chi connectivity index (χ2n) is 8.73. The lowest BCUT2D eigenvalue weighted by Gasteiger charge is -2.35. The molecule has 0 heterocycles. The number of amides is 2. The van der Waals surface area contributed by atoms with Crippen LogP contribution in [0.1, 0.15) is 38.8 Å². The fourth-order valence-corrected chi connectivity index (χ4v) is 3.37. The molecule has 0 aromatic heterocycles. The molecular weight excluding hydrogens is 424 g/mol. The molecule has 0 aliphatic carbocycles. The smallest absolute Gasteiger partial charge is 0.410 e. The zero-order chi connectivity index (χ0) is 24.6. The van der Waals surface area contributed by atoms with Gasteiger partial charge in [0.1, 0.15) is 23.9 Å². The Hall–Kier alpha value is -3.55. The van der Waals surface area contributed by atoms with Crippen molar-refractivity contribution < 1.29 is 29.3 Å². The molecule has 0 spiro atoms. The average molecular weight is 457 g/mol. The average Bonchev–Trinajstić information content (AvgIpc) is 2.73. The van der Waals surface area contributed by atoms with Gasteiger partial charge in [-0.1, -0.05) is 42.5 Å². The maximum absolute atomic E-state index is 13.7. The highest BCUT2D eigenvalue weighted by Crippen LogP contribution is 2.19. The van der Waals surface area contributed by atoms with E-state index >= 15 is 0 Å². The van der Waals surface area contributed by atoms with Crippen molar-refractivity contribution in [2.45, 2.75) is 52.3 Å². The van der Waals surface area contributed by atoms with Crippen molar-refractivity contribution in [2.24, 2.45) is 0 Å². The summed E-state index contributed by atoms with van der Waals surface area (Å²) in [6, 6.07) is 14.4. The van der Waals surface area contributed by atoms with Crippen LogP contribution in [0.4, 0.5) is 4.79 Å². The number of rotatable bonds is 9. The Kier molecular flexibility index (Phi) is 8.85. The second kappa shape index (κ2) is 11.4. The van der Waals surface area contributed by atoms with Gasteiger partial charge in [-0.15, -0.1) is 0 Å². The van der Waals surface area contributed by atoms with Gasteiger partial charge in [0.15, 0.2) is 0 Å². The van der Waals surface area contributed by atoms with E-state index in [0.717, 1.165) is 5.56 Å². The standard InChI is InChI=1S/C25H32N2O6/c1-5-27(24(32)33-25(2,3)4)21(15-18-11-13-20(28)14-12-18)23(31)26(17-22(29)30)16-19-9-7-6-8-10-19/h6-14,21,28H,5,15-17H2,1-4H3,(H,29,30). The fourth-order valence-electron chi connectivity index (χ4n) is 3.37. The molecule has 8 heteroatoms. The van der Waals surface area contributed by atoms with Crippen LogP contribution in [0, 0.1) is 0 Å². The lowest BCUT2D eigenvalue weighted by molar-refractivity contribution is -0.147. The van der Waals surface area contributed by atoms with Crippen LogP contribution in [0.25, 0.3) is 0 Å². The van der Waals surface area contributed by atoms with E-state index in [0.29, 0.717) is 5.56 Å². The van der Waals surface area contributed by atoms with Crippen LogP contribution in [0.15, 0.2) is 54.6 Å². The molecule has 33 heavy (non-hydrogen) atoms. The van der Waals surface area contributed by atoms with Crippen LogP contribution in [-0.4, -0.2) is 62.7 Å². The molecule has 0 aliphatic rings. The molecule has 1 atom stereocenters. The number of nitrogens with zero attached hydrogens (tertiary/aromatic N) is 2. The van der Waals surface area contributed by atoms with Crippen molar-refractivity contribution in [3.05, 3.63) is 65.7 Å². The highest BCUT2D eigenvalue weighted by Gasteiger charge is 2.35. The summed E-state index contributed by atoms with van der Waals surface area (Å²) in [7, 11) is 0. The Balaban J connectivity index is 2.42. The summed E-state index contributed by atoms with van der Waals surface area (Å²) >= 11 is 0. The molecule has 2 N–H and O–H groups in total. The normalized spacial score (nSPS) is 12.0. The Bertz CT molecular complexity index is 938. The summed E-state index contributed by atoms with van der Waals surface area (Å²) in [6.45, 7) is 6.72. The minimum atomic E-state index is -1.15. The molecule has 0 bridgehead atoms. The number of carbonyl (C=O) groups excluding carboxylic acids is 2. The lowest BCUT2D eigenvalue weighted by Crippen LogP contribution is -2.53. The topological polar surface area (TPSA) is 107 Å². The summed E-state index contributed by atoms with van der Waals surface area (Å²) in [5.74, 6) is -1.57. The molecule has 0 fully saturated rings. The monoisotopic (exact) mass is 456 g/mol. The molecule has 2 rings (SSSR count). The van der Waals surface area contributed by atoms with Gasteiger partial charge in [0, 0.05) is 19.5 Å². The van der Waals surface area contributed by atoms with E-state index in [4.69, 9.17) is 4.74 Å². The van der Waals surface area contributed by atoms with E-state index in [1.807, 2.05) is 30.3 Å². The van der Waals surface area contributed by atoms with Gasteiger partial charge in [-0.3, -0.25) is 14.5 Å². The molecule has 0 saturated carbocycles. The van der Waals surface area contributed by atoms with E-state index in [9.17, 15) is 24.6 Å². The predicted molar refractivity (Wildman–Crippen MR) is 124 cm³/mol. The van der Waals surface area contributed by atoms with Crippen molar-refractivity contribution in [3.8, 4) is 5.75 Å². The number of carbonyl (C=O) groups is 3. The van der Waals surface area contributed by atoms with Crippen molar-refractivity contribution in [1.82, 2.24) is 9.80 Å². The first kappa shape index (κ1) is 25.7. The molecule has 0 aliphatic heterocycles. The number of hydrogen-bond acceptors (Lipinski definition) is 5. The number of benzene rings is 2. The quantitative estimate of drug-likeness (QED) is 0.596. The van der Waals surface area contributed by atoms with Crippen LogP contribution >= 0.6 is 0 Å². The first-order chi connectivity index (χ1) is 15.5. The van der Waals surface area contributed by atoms with Gasteiger partial charge in [-0.05, 0) is 51.0 Å². The predicted octanol–water partition coefficient (Wildman–Crippen LogP) is 3.67. The van der Waals surface area contributed by atoms with Crippen LogP contribution in [0.2, 0.25) is 0 Å². The van der Waals surface area contributed by atoms with Gasteiger partial charge in [-0.2, -0.15) is 0 Å². The molecule has 1 unspecified atom stereocenters. The van der Waals surface area contributed by atoms with Crippen LogP contribution < -0.4 is 0 Å². The van der Waals surface area contributed by atoms with Crippen LogP contribution in [0.5, 0.6) is 5.75 Å². The number of phenols is 1. The largest absolute Gasteiger partial charge is 0.508 e. The fraction of sp³-hybridized carbons (Fsp3) is 0.400. The SMILES string of the molecule is CCN(C(=O)OC(C)(C)C)C(Cc1ccc(O)cc1)C(=O)N(CC(=O)O)Cc1ccccc1. The van der Waals surface area contributed by atoms with Crippen LogP contribution in [0.3, 0.4) is 0 Å².